The molecule has 176 valence electrons. The van der Waals surface area contributed by atoms with Crippen LogP contribution in [0.3, 0.4) is 0 Å². The standard InChI is InChI=1S/C27H29N3O3S/c1-19-3-5-20(6-4-19)23-9-7-21-18-30(27(31)26(21)28-23)22-8-10-24(25(17-22)32-2)33-14-11-29-12-15-34-16-13-29/h3-10,17H,11-16,18H2,1-2H3. The maximum Gasteiger partial charge on any atom is 0.277 e. The topological polar surface area (TPSA) is 54.9 Å². The third-order valence-electron chi connectivity index (χ3n) is 6.33. The van der Waals surface area contributed by atoms with Crippen molar-refractivity contribution in [1.29, 1.82) is 0 Å². The number of aromatic nitrogens is 1. The number of methoxy groups -OCH3 is 1. The number of amides is 1. The Morgan fingerprint density at radius 1 is 1.00 bits per heavy atom. The van der Waals surface area contributed by atoms with Crippen LogP contribution in [0.5, 0.6) is 11.5 Å². The first-order valence-electron chi connectivity index (χ1n) is 11.6. The molecular weight excluding hydrogens is 446 g/mol. The first kappa shape index (κ1) is 22.7. The molecule has 0 N–H and O–H groups in total. The molecule has 3 heterocycles. The largest absolute Gasteiger partial charge is 0.493 e. The van der Waals surface area contributed by atoms with Gasteiger partial charge in [-0.2, -0.15) is 11.8 Å². The zero-order chi connectivity index (χ0) is 23.5. The number of aryl methyl sites for hydroxylation is 1. The van der Waals surface area contributed by atoms with Crippen LogP contribution in [0.25, 0.3) is 11.3 Å². The van der Waals surface area contributed by atoms with Crippen molar-refractivity contribution in [3.8, 4) is 22.8 Å². The number of benzene rings is 2. The van der Waals surface area contributed by atoms with Gasteiger partial charge in [0.05, 0.1) is 19.3 Å². The number of carbonyl (C=O) groups excluding carboxylic acids is 1. The molecule has 0 atom stereocenters. The summed E-state index contributed by atoms with van der Waals surface area (Å²) in [6.07, 6.45) is 0. The second-order valence-electron chi connectivity index (χ2n) is 8.60. The number of pyridine rings is 1. The van der Waals surface area contributed by atoms with Gasteiger partial charge in [-0.25, -0.2) is 4.98 Å². The average Bonchev–Trinajstić information content (AvgIpc) is 3.21. The van der Waals surface area contributed by atoms with E-state index >= 15 is 0 Å². The van der Waals surface area contributed by atoms with Crippen molar-refractivity contribution in [2.75, 3.05) is 49.8 Å². The van der Waals surface area contributed by atoms with Gasteiger partial charge in [-0.15, -0.1) is 0 Å². The maximum absolute atomic E-state index is 13.3. The fourth-order valence-corrected chi connectivity index (χ4v) is 5.30. The molecule has 1 amide bonds. The van der Waals surface area contributed by atoms with Gasteiger partial charge in [0.2, 0.25) is 0 Å². The molecular formula is C27H29N3O3S. The number of rotatable bonds is 7. The van der Waals surface area contributed by atoms with Gasteiger partial charge < -0.3 is 14.4 Å². The van der Waals surface area contributed by atoms with Crippen LogP contribution >= 0.6 is 11.8 Å². The van der Waals surface area contributed by atoms with Gasteiger partial charge in [0.25, 0.3) is 5.91 Å². The molecule has 2 aromatic carbocycles. The smallest absolute Gasteiger partial charge is 0.277 e. The molecule has 3 aromatic rings. The van der Waals surface area contributed by atoms with E-state index in [2.05, 4.69) is 24.0 Å². The number of nitrogens with zero attached hydrogens (tertiary/aromatic N) is 3. The zero-order valence-electron chi connectivity index (χ0n) is 19.6. The molecule has 2 aliphatic heterocycles. The summed E-state index contributed by atoms with van der Waals surface area (Å²) in [5, 5.41) is 0. The highest BCUT2D eigenvalue weighted by Gasteiger charge is 2.31. The minimum atomic E-state index is -0.0948. The van der Waals surface area contributed by atoms with Gasteiger partial charge in [-0.3, -0.25) is 9.69 Å². The third kappa shape index (κ3) is 4.76. The molecule has 5 rings (SSSR count). The molecule has 1 fully saturated rings. The molecule has 1 aromatic heterocycles. The maximum atomic E-state index is 13.3. The van der Waals surface area contributed by atoms with E-state index in [4.69, 9.17) is 14.5 Å². The van der Waals surface area contributed by atoms with Crippen molar-refractivity contribution < 1.29 is 14.3 Å². The molecule has 0 bridgehead atoms. The Morgan fingerprint density at radius 3 is 2.56 bits per heavy atom. The van der Waals surface area contributed by atoms with E-state index in [-0.39, 0.29) is 5.91 Å². The van der Waals surface area contributed by atoms with Crippen molar-refractivity contribution in [3.05, 3.63) is 71.4 Å². The Bertz CT molecular complexity index is 1180. The Morgan fingerprint density at radius 2 is 1.79 bits per heavy atom. The lowest BCUT2D eigenvalue weighted by Crippen LogP contribution is -2.35. The van der Waals surface area contributed by atoms with Crippen LogP contribution < -0.4 is 14.4 Å². The summed E-state index contributed by atoms with van der Waals surface area (Å²) in [4.78, 5) is 22.1. The second kappa shape index (κ2) is 10.1. The number of anilines is 1. The number of fused-ring (bicyclic) bond motifs is 1. The number of hydrogen-bond donors (Lipinski definition) is 0. The Balaban J connectivity index is 1.30. The normalized spacial score (nSPS) is 15.9. The number of carbonyl (C=O) groups is 1. The summed E-state index contributed by atoms with van der Waals surface area (Å²) in [6, 6.07) is 17.9. The van der Waals surface area contributed by atoms with Crippen LogP contribution in [0, 0.1) is 6.92 Å². The average molecular weight is 476 g/mol. The van der Waals surface area contributed by atoms with Crippen molar-refractivity contribution in [2.24, 2.45) is 0 Å². The number of ether oxygens (including phenoxy) is 2. The number of thioether (sulfide) groups is 1. The summed E-state index contributed by atoms with van der Waals surface area (Å²) in [6.45, 7) is 6.29. The Hall–Kier alpha value is -3.03. The first-order chi connectivity index (χ1) is 16.6. The highest BCUT2D eigenvalue weighted by Crippen LogP contribution is 2.35. The van der Waals surface area contributed by atoms with E-state index in [1.54, 1.807) is 12.0 Å². The van der Waals surface area contributed by atoms with Crippen molar-refractivity contribution in [1.82, 2.24) is 9.88 Å². The summed E-state index contributed by atoms with van der Waals surface area (Å²) in [7, 11) is 1.63. The van der Waals surface area contributed by atoms with Crippen molar-refractivity contribution >= 4 is 23.4 Å². The predicted molar refractivity (Wildman–Crippen MR) is 137 cm³/mol. The van der Waals surface area contributed by atoms with E-state index in [0.717, 1.165) is 42.1 Å². The quantitative estimate of drug-likeness (QED) is 0.496. The van der Waals surface area contributed by atoms with Crippen LogP contribution in [0.4, 0.5) is 5.69 Å². The SMILES string of the molecule is COc1cc(N2Cc3ccc(-c4ccc(C)cc4)nc3C2=O)ccc1OCCN1CCSCC1. The monoisotopic (exact) mass is 475 g/mol. The van der Waals surface area contributed by atoms with E-state index < -0.39 is 0 Å². The fraction of sp³-hybridized carbons (Fsp3) is 0.333. The summed E-state index contributed by atoms with van der Waals surface area (Å²) < 4.78 is 11.6. The van der Waals surface area contributed by atoms with E-state index in [1.807, 2.05) is 54.2 Å². The molecule has 0 radical (unpaired) electrons. The molecule has 0 aliphatic carbocycles. The van der Waals surface area contributed by atoms with Crippen LogP contribution in [0.2, 0.25) is 0 Å². The molecule has 0 spiro atoms. The predicted octanol–water partition coefficient (Wildman–Crippen LogP) is 4.65. The molecule has 2 aliphatic rings. The Labute approximate surface area is 204 Å². The summed E-state index contributed by atoms with van der Waals surface area (Å²) >= 11 is 2.00. The summed E-state index contributed by atoms with van der Waals surface area (Å²) in [5.41, 5.74) is 5.22. The first-order valence-corrected chi connectivity index (χ1v) is 12.8. The zero-order valence-corrected chi connectivity index (χ0v) is 20.4. The highest BCUT2D eigenvalue weighted by molar-refractivity contribution is 7.99. The van der Waals surface area contributed by atoms with Gasteiger partial charge in [0, 0.05) is 54.0 Å². The van der Waals surface area contributed by atoms with Crippen LogP contribution in [-0.2, 0) is 6.54 Å². The van der Waals surface area contributed by atoms with E-state index in [9.17, 15) is 4.79 Å². The lowest BCUT2D eigenvalue weighted by molar-refractivity contribution is 0.0992. The fourth-order valence-electron chi connectivity index (χ4n) is 4.32. The molecule has 34 heavy (non-hydrogen) atoms. The minimum Gasteiger partial charge on any atom is -0.493 e. The van der Waals surface area contributed by atoms with Crippen LogP contribution in [-0.4, -0.2) is 60.6 Å². The molecule has 7 heteroatoms. The lowest BCUT2D eigenvalue weighted by Gasteiger charge is -2.26. The molecule has 1 saturated heterocycles. The Kier molecular flexibility index (Phi) is 6.74. The van der Waals surface area contributed by atoms with E-state index in [1.165, 1.54) is 17.1 Å². The minimum absolute atomic E-state index is 0.0948. The van der Waals surface area contributed by atoms with Gasteiger partial charge in [-0.05, 0) is 25.1 Å². The van der Waals surface area contributed by atoms with Crippen molar-refractivity contribution in [3.63, 3.8) is 0 Å². The molecule has 0 saturated carbocycles. The van der Waals surface area contributed by atoms with Gasteiger partial charge in [-0.1, -0.05) is 35.9 Å². The van der Waals surface area contributed by atoms with Crippen LogP contribution in [0.1, 0.15) is 21.6 Å². The third-order valence-corrected chi connectivity index (χ3v) is 7.27. The highest BCUT2D eigenvalue weighted by atomic mass is 32.2. The summed E-state index contributed by atoms with van der Waals surface area (Å²) in [5.74, 6) is 3.60. The molecule has 6 nitrogen and oxygen atoms in total. The second-order valence-corrected chi connectivity index (χ2v) is 9.82. The van der Waals surface area contributed by atoms with Gasteiger partial charge in [0.1, 0.15) is 12.3 Å². The van der Waals surface area contributed by atoms with Gasteiger partial charge in [0.15, 0.2) is 11.5 Å². The van der Waals surface area contributed by atoms with Crippen molar-refractivity contribution in [2.45, 2.75) is 13.5 Å². The van der Waals surface area contributed by atoms with Crippen LogP contribution in [0.15, 0.2) is 54.6 Å². The van der Waals surface area contributed by atoms with E-state index in [0.29, 0.717) is 30.3 Å². The van der Waals surface area contributed by atoms with Gasteiger partial charge >= 0.3 is 0 Å². The molecule has 0 unspecified atom stereocenters. The lowest BCUT2D eigenvalue weighted by atomic mass is 10.1. The number of hydrogen-bond acceptors (Lipinski definition) is 6.